The number of thiophene rings is 1. The first-order valence-corrected chi connectivity index (χ1v) is 8.14. The third-order valence-electron chi connectivity index (χ3n) is 4.40. The van der Waals surface area contributed by atoms with Crippen LogP contribution in [0, 0.1) is 12.8 Å². The van der Waals surface area contributed by atoms with E-state index in [2.05, 4.69) is 0 Å². The molecule has 2 saturated heterocycles. The Morgan fingerprint density at radius 3 is 2.80 bits per heavy atom. The van der Waals surface area contributed by atoms with Crippen LogP contribution in [-0.2, 0) is 9.47 Å². The van der Waals surface area contributed by atoms with E-state index in [1.807, 2.05) is 29.5 Å². The van der Waals surface area contributed by atoms with Crippen molar-refractivity contribution in [2.45, 2.75) is 32.5 Å². The molecule has 5 heteroatoms. The summed E-state index contributed by atoms with van der Waals surface area (Å²) >= 11 is 1.59. The van der Waals surface area contributed by atoms with Crippen molar-refractivity contribution in [3.63, 3.8) is 0 Å². The molecule has 0 spiro atoms. The first kappa shape index (κ1) is 14.0. The summed E-state index contributed by atoms with van der Waals surface area (Å²) < 4.78 is 11.5. The minimum Gasteiger partial charge on any atom is -0.347 e. The number of nitrogens with zero attached hydrogens (tertiary/aromatic N) is 1. The number of rotatable bonds is 2. The Bertz CT molecular complexity index is 493. The van der Waals surface area contributed by atoms with Gasteiger partial charge >= 0.3 is 0 Å². The lowest BCUT2D eigenvalue weighted by Gasteiger charge is -2.39. The van der Waals surface area contributed by atoms with Crippen LogP contribution >= 0.6 is 11.3 Å². The molecule has 3 heterocycles. The molecule has 1 aromatic rings. The van der Waals surface area contributed by atoms with Crippen LogP contribution in [0.25, 0.3) is 0 Å². The molecule has 0 bridgehead atoms. The molecule has 0 unspecified atom stereocenters. The number of carbonyl (C=O) groups excluding carboxylic acids is 1. The molecule has 1 aromatic heterocycles. The third-order valence-corrected chi connectivity index (χ3v) is 5.26. The molecule has 0 radical (unpaired) electrons. The molecule has 20 heavy (non-hydrogen) atoms. The molecule has 4 nitrogen and oxygen atoms in total. The summed E-state index contributed by atoms with van der Waals surface area (Å²) in [5.74, 6) is -0.0977. The SMILES string of the molecule is Cc1cscc1C(=O)N1CCC[C@@H](C2(C)OCCO2)C1. The Morgan fingerprint density at radius 1 is 1.40 bits per heavy atom. The van der Waals surface area contributed by atoms with Crippen LogP contribution in [0.2, 0.25) is 0 Å². The zero-order chi connectivity index (χ0) is 14.2. The number of ether oxygens (including phenoxy) is 2. The monoisotopic (exact) mass is 295 g/mol. The Balaban J connectivity index is 1.72. The molecule has 2 aliphatic heterocycles. The van der Waals surface area contributed by atoms with E-state index in [4.69, 9.17) is 9.47 Å². The van der Waals surface area contributed by atoms with Gasteiger partial charge in [0.2, 0.25) is 0 Å². The van der Waals surface area contributed by atoms with Gasteiger partial charge < -0.3 is 14.4 Å². The summed E-state index contributed by atoms with van der Waals surface area (Å²) in [4.78, 5) is 14.6. The lowest BCUT2D eigenvalue weighted by atomic mass is 9.90. The van der Waals surface area contributed by atoms with E-state index in [1.165, 1.54) is 0 Å². The maximum absolute atomic E-state index is 12.6. The predicted molar refractivity (Wildman–Crippen MR) is 78.0 cm³/mol. The van der Waals surface area contributed by atoms with Crippen LogP contribution in [0.15, 0.2) is 10.8 Å². The normalized spacial score (nSPS) is 25.9. The number of piperidine rings is 1. The maximum atomic E-state index is 12.6. The molecule has 1 amide bonds. The van der Waals surface area contributed by atoms with Crippen LogP contribution in [0.3, 0.4) is 0 Å². The first-order chi connectivity index (χ1) is 9.60. The fourth-order valence-corrected chi connectivity index (χ4v) is 3.93. The fraction of sp³-hybridized carbons (Fsp3) is 0.667. The average Bonchev–Trinajstić information content (AvgIpc) is 3.08. The predicted octanol–water partition coefficient (Wildman–Crippen LogP) is 2.67. The number of hydrogen-bond donors (Lipinski definition) is 0. The van der Waals surface area contributed by atoms with E-state index < -0.39 is 5.79 Å². The van der Waals surface area contributed by atoms with Gasteiger partial charge in [0.15, 0.2) is 5.79 Å². The van der Waals surface area contributed by atoms with E-state index >= 15 is 0 Å². The van der Waals surface area contributed by atoms with E-state index in [9.17, 15) is 4.79 Å². The highest BCUT2D eigenvalue weighted by atomic mass is 32.1. The summed E-state index contributed by atoms with van der Waals surface area (Å²) in [6, 6.07) is 0. The summed E-state index contributed by atoms with van der Waals surface area (Å²) in [6.45, 7) is 6.88. The zero-order valence-corrected chi connectivity index (χ0v) is 12.9. The van der Waals surface area contributed by atoms with Crippen molar-refractivity contribution < 1.29 is 14.3 Å². The number of hydrogen-bond acceptors (Lipinski definition) is 4. The van der Waals surface area contributed by atoms with Crippen molar-refractivity contribution >= 4 is 17.2 Å². The van der Waals surface area contributed by atoms with Gasteiger partial charge in [0.05, 0.1) is 18.8 Å². The molecule has 2 aliphatic rings. The second kappa shape index (κ2) is 5.47. The van der Waals surface area contributed by atoms with Gasteiger partial charge in [-0.3, -0.25) is 4.79 Å². The Labute approximate surface area is 123 Å². The largest absolute Gasteiger partial charge is 0.347 e. The Kier molecular flexibility index (Phi) is 3.84. The van der Waals surface area contributed by atoms with Gasteiger partial charge in [-0.2, -0.15) is 11.3 Å². The molecular formula is C15H21NO3S. The molecule has 0 aromatic carbocycles. The van der Waals surface area contributed by atoms with Gasteiger partial charge in [-0.15, -0.1) is 0 Å². The summed E-state index contributed by atoms with van der Waals surface area (Å²) in [7, 11) is 0. The minimum absolute atomic E-state index is 0.148. The van der Waals surface area contributed by atoms with Crippen molar-refractivity contribution in [1.29, 1.82) is 0 Å². The van der Waals surface area contributed by atoms with Crippen LogP contribution < -0.4 is 0 Å². The number of carbonyl (C=O) groups is 1. The highest BCUT2D eigenvalue weighted by molar-refractivity contribution is 7.08. The maximum Gasteiger partial charge on any atom is 0.254 e. The summed E-state index contributed by atoms with van der Waals surface area (Å²) in [5, 5.41) is 3.98. The first-order valence-electron chi connectivity index (χ1n) is 7.20. The number of aryl methyl sites for hydroxylation is 1. The molecule has 1 atom stereocenters. The number of amides is 1. The van der Waals surface area contributed by atoms with Gasteiger partial charge in [-0.1, -0.05) is 0 Å². The van der Waals surface area contributed by atoms with Gasteiger partial charge in [-0.05, 0) is 37.6 Å². The van der Waals surface area contributed by atoms with Crippen molar-refractivity contribution in [2.24, 2.45) is 5.92 Å². The second-order valence-corrected chi connectivity index (χ2v) is 6.52. The molecular weight excluding hydrogens is 274 g/mol. The lowest BCUT2D eigenvalue weighted by Crippen LogP contribution is -2.48. The number of likely N-dealkylation sites (tertiary alicyclic amines) is 1. The van der Waals surface area contributed by atoms with E-state index in [0.29, 0.717) is 13.2 Å². The molecule has 0 aliphatic carbocycles. The quantitative estimate of drug-likeness (QED) is 0.842. The standard InChI is InChI=1S/C15H21NO3S/c1-11-9-20-10-13(11)14(17)16-5-3-4-12(8-16)15(2)18-6-7-19-15/h9-10,12H,3-8H2,1-2H3/t12-/m1/s1. The third kappa shape index (κ3) is 2.50. The Hall–Kier alpha value is -0.910. The van der Waals surface area contributed by atoms with E-state index in [1.54, 1.807) is 11.3 Å². The average molecular weight is 295 g/mol. The van der Waals surface area contributed by atoms with E-state index in [0.717, 1.165) is 37.1 Å². The minimum atomic E-state index is -0.511. The molecule has 110 valence electrons. The smallest absolute Gasteiger partial charge is 0.254 e. The summed E-state index contributed by atoms with van der Waals surface area (Å²) in [6.07, 6.45) is 2.07. The van der Waals surface area contributed by atoms with E-state index in [-0.39, 0.29) is 11.8 Å². The fourth-order valence-electron chi connectivity index (χ4n) is 3.11. The highest BCUT2D eigenvalue weighted by Gasteiger charge is 2.42. The molecule has 0 N–H and O–H groups in total. The van der Waals surface area contributed by atoms with Crippen molar-refractivity contribution in [2.75, 3.05) is 26.3 Å². The van der Waals surface area contributed by atoms with Crippen molar-refractivity contribution in [1.82, 2.24) is 4.90 Å². The van der Waals surface area contributed by atoms with Crippen molar-refractivity contribution in [3.05, 3.63) is 21.9 Å². The molecule has 2 fully saturated rings. The Morgan fingerprint density at radius 2 is 2.15 bits per heavy atom. The lowest BCUT2D eigenvalue weighted by molar-refractivity contribution is -0.189. The van der Waals surface area contributed by atoms with Gasteiger partial charge in [-0.25, -0.2) is 0 Å². The topological polar surface area (TPSA) is 38.8 Å². The van der Waals surface area contributed by atoms with Crippen LogP contribution in [-0.4, -0.2) is 42.9 Å². The zero-order valence-electron chi connectivity index (χ0n) is 12.1. The van der Waals surface area contributed by atoms with Crippen LogP contribution in [0.5, 0.6) is 0 Å². The van der Waals surface area contributed by atoms with Crippen molar-refractivity contribution in [3.8, 4) is 0 Å². The van der Waals surface area contributed by atoms with Gasteiger partial charge in [0, 0.05) is 24.4 Å². The second-order valence-electron chi connectivity index (χ2n) is 5.77. The van der Waals surface area contributed by atoms with Gasteiger partial charge in [0.25, 0.3) is 5.91 Å². The van der Waals surface area contributed by atoms with Crippen LogP contribution in [0.1, 0.15) is 35.7 Å². The summed E-state index contributed by atoms with van der Waals surface area (Å²) in [5.41, 5.74) is 1.91. The van der Waals surface area contributed by atoms with Crippen LogP contribution in [0.4, 0.5) is 0 Å². The van der Waals surface area contributed by atoms with Gasteiger partial charge in [0.1, 0.15) is 0 Å². The molecule has 0 saturated carbocycles. The molecule has 3 rings (SSSR count). The highest BCUT2D eigenvalue weighted by Crippen LogP contribution is 2.34.